The third-order valence-corrected chi connectivity index (χ3v) is 7.10. The van der Waals surface area contributed by atoms with Gasteiger partial charge >= 0.3 is 0 Å². The van der Waals surface area contributed by atoms with Crippen molar-refractivity contribution in [2.24, 2.45) is 20.6 Å². The number of H-pyrrole nitrogens is 4. The van der Waals surface area contributed by atoms with Gasteiger partial charge in [-0.3, -0.25) is 25.9 Å². The van der Waals surface area contributed by atoms with Crippen LogP contribution in [0, 0.1) is 24.7 Å². The quantitative estimate of drug-likeness (QED) is 0.0127. The van der Waals surface area contributed by atoms with E-state index in [1.807, 2.05) is 19.9 Å². The van der Waals surface area contributed by atoms with Gasteiger partial charge in [0.2, 0.25) is 23.8 Å². The Bertz CT molecular complexity index is 2730. The van der Waals surface area contributed by atoms with Crippen LogP contribution in [0.15, 0.2) is 38.4 Å². The summed E-state index contributed by atoms with van der Waals surface area (Å²) in [4.78, 5) is 21.4. The molecule has 7 aromatic heterocycles. The molecule has 6 N–H and O–H groups in total. The van der Waals surface area contributed by atoms with Gasteiger partial charge in [0.15, 0.2) is 17.5 Å². The number of rotatable bonds is 19. The predicted molar refractivity (Wildman–Crippen MR) is 222 cm³/mol. The van der Waals surface area contributed by atoms with Crippen molar-refractivity contribution in [1.82, 2.24) is 117 Å². The minimum Gasteiger partial charge on any atom is -0.371 e. The van der Waals surface area contributed by atoms with Crippen molar-refractivity contribution < 1.29 is 9.47 Å². The second-order valence-electron chi connectivity index (χ2n) is 11.9. The average Bonchev–Trinajstić information content (AvgIpc) is 4.20. The summed E-state index contributed by atoms with van der Waals surface area (Å²) >= 11 is 0. The molecule has 0 amide bonds. The van der Waals surface area contributed by atoms with Crippen LogP contribution in [0.5, 0.6) is 0 Å². The number of azide groups is 2. The van der Waals surface area contributed by atoms with Crippen LogP contribution in [0.1, 0.15) is 42.8 Å². The zero-order valence-electron chi connectivity index (χ0n) is 34.9. The van der Waals surface area contributed by atoms with Crippen LogP contribution in [0.2, 0.25) is 0 Å². The van der Waals surface area contributed by atoms with Crippen LogP contribution in [0.4, 0.5) is 41.6 Å². The smallest absolute Gasteiger partial charge is 0.270 e. The van der Waals surface area contributed by atoms with E-state index in [9.17, 15) is 0 Å². The number of hydrogen-bond acceptors (Lipinski definition) is 26. The van der Waals surface area contributed by atoms with Crippen LogP contribution in [-0.2, 0) is 28.9 Å². The maximum Gasteiger partial charge on any atom is 0.270 e. The summed E-state index contributed by atoms with van der Waals surface area (Å²) in [6.45, 7) is 5.46. The molecule has 36 nitrogen and oxygen atoms in total. The van der Waals surface area contributed by atoms with Crippen molar-refractivity contribution in [3.8, 4) is 30.6 Å². The number of aromatic nitrogens is 23. The molecular weight excluding hydrogens is 869 g/mol. The monoisotopic (exact) mass is 902 g/mol. The molecule has 0 aromatic carbocycles. The summed E-state index contributed by atoms with van der Waals surface area (Å²) in [5, 5.41) is 86.3. The summed E-state index contributed by atoms with van der Waals surface area (Å²) in [6.07, 6.45) is 13.7. The normalized spacial score (nSPS) is 10.6. The summed E-state index contributed by atoms with van der Waals surface area (Å²) in [7, 11) is 3.20. The van der Waals surface area contributed by atoms with Crippen molar-refractivity contribution in [1.29, 1.82) is 0 Å². The van der Waals surface area contributed by atoms with Crippen LogP contribution >= 0.6 is 0 Å². The molecule has 0 spiro atoms. The predicted octanol–water partition coefficient (Wildman–Crippen LogP) is 1.32. The molecule has 0 radical (unpaired) electrons. The molecule has 0 saturated carbocycles. The lowest BCUT2D eigenvalue weighted by Crippen LogP contribution is -2.09. The first-order chi connectivity index (χ1) is 32.2. The number of aromatic amines is 4. The molecule has 336 valence electrons. The van der Waals surface area contributed by atoms with Crippen LogP contribution in [0.25, 0.3) is 26.8 Å². The lowest BCUT2D eigenvalue weighted by atomic mass is 10.3. The number of nitrogens with one attached hydrogen (secondary N) is 6. The van der Waals surface area contributed by atoms with Gasteiger partial charge in [-0.25, -0.2) is 15.1 Å². The van der Waals surface area contributed by atoms with Crippen molar-refractivity contribution in [2.45, 2.75) is 33.3 Å². The molecule has 0 aliphatic heterocycles. The maximum atomic E-state index is 8.28. The fourth-order valence-electron chi connectivity index (χ4n) is 4.21. The molecule has 0 bridgehead atoms. The Morgan fingerprint density at radius 3 is 2.12 bits per heavy atom. The van der Waals surface area contributed by atoms with Crippen molar-refractivity contribution in [2.75, 3.05) is 49.6 Å². The molecule has 0 fully saturated rings. The molecule has 0 aliphatic rings. The van der Waals surface area contributed by atoms with Crippen molar-refractivity contribution in [3.05, 3.63) is 67.7 Å². The highest BCUT2D eigenvalue weighted by molar-refractivity contribution is 5.44. The number of hydrogen-bond donors (Lipinski definition) is 6. The van der Waals surface area contributed by atoms with E-state index in [1.165, 1.54) is 9.69 Å². The lowest BCUT2D eigenvalue weighted by Gasteiger charge is -2.03. The number of nitrogens with zero attached hydrogens (tertiary/aromatic N) is 28. The molecule has 0 aliphatic carbocycles. The minimum atomic E-state index is -0.0158. The highest BCUT2D eigenvalue weighted by Crippen LogP contribution is 2.13. The van der Waals surface area contributed by atoms with Crippen molar-refractivity contribution in [3.63, 3.8) is 0 Å². The molecule has 0 saturated heterocycles. The van der Waals surface area contributed by atoms with Gasteiger partial charge < -0.3 is 9.47 Å². The van der Waals surface area contributed by atoms with Gasteiger partial charge in [-0.15, -0.1) is 74.0 Å². The third kappa shape index (κ3) is 15.2. The van der Waals surface area contributed by atoms with E-state index < -0.39 is 0 Å². The summed E-state index contributed by atoms with van der Waals surface area (Å²) in [5.74, 6) is 7.19. The first-order valence-electron chi connectivity index (χ1n) is 18.3. The van der Waals surface area contributed by atoms with Crippen molar-refractivity contribution >= 4 is 41.6 Å². The fraction of sp³-hybridized carbons (Fsp3) is 0.333. The van der Waals surface area contributed by atoms with Gasteiger partial charge in [-0.1, -0.05) is 33.9 Å². The van der Waals surface area contributed by atoms with Crippen LogP contribution in [0.3, 0.4) is 0 Å². The molecule has 0 atom stereocenters. The second-order valence-corrected chi connectivity index (χ2v) is 11.9. The van der Waals surface area contributed by atoms with Gasteiger partial charge in [0, 0.05) is 16.9 Å². The Kier molecular flexibility index (Phi) is 17.8. The summed E-state index contributed by atoms with van der Waals surface area (Å²) in [6, 6.07) is 0. The van der Waals surface area contributed by atoms with E-state index in [0.29, 0.717) is 67.4 Å². The van der Waals surface area contributed by atoms with Gasteiger partial charge in [-0.05, 0) is 35.1 Å². The van der Waals surface area contributed by atoms with Gasteiger partial charge in [0.25, 0.3) is 23.8 Å². The molecule has 36 heteroatoms. The summed E-state index contributed by atoms with van der Waals surface area (Å²) < 4.78 is 11.7. The molecule has 7 rings (SSSR count). The SMILES string of the molecule is C#CCOCC#C.C/C=C(\C)COCc1cn(-c2n[nH]c(Cc3nnc(Nc4nc(N(C)N=NC)n[nH]4)nn3)n2)nn1.[N-]=[N+]=Nc1nc(Cc2nnc(Nc3n[nH]c(N=[N+]=[N-])n3)nn2)n[nH]1. The minimum absolute atomic E-state index is 0.0158. The van der Waals surface area contributed by atoms with Crippen LogP contribution < -0.4 is 15.6 Å². The first-order valence-corrected chi connectivity index (χ1v) is 18.3. The highest BCUT2D eigenvalue weighted by Gasteiger charge is 2.14. The first kappa shape index (κ1) is 47.0. The second kappa shape index (κ2) is 25.0. The Hall–Kier alpha value is -10.0. The standard InChI is InChI=1S/C17H23N17O.C7H5N17.C6H6O/c1-5-10(2)8-35-9-11-7-34(32-22-11)17-19-12(23-30-17)6-13-24-27-15(28-25-13)20-14-21-16(29-26-14)33(4)31-18-3;8-23-21-5-10-2(13-17-5)1-3-14-18-6(19-15-3)11-4-12-7(20-16-4)22-24-9;1-3-5-7-6-4-2/h5,7H,6,8-9H2,1-4H3,(H,19,23,30)(H2,20,21,26,27,28,29);1H2,(H,10,13,17)(H2,11,12,16,18,19,20);1-2H,5-6H2/b10-5+,31-18?;;. The lowest BCUT2D eigenvalue weighted by molar-refractivity contribution is 0.139. The zero-order valence-corrected chi connectivity index (χ0v) is 34.9. The topological polar surface area (TPSA) is 468 Å². The summed E-state index contributed by atoms with van der Waals surface area (Å²) in [5.41, 5.74) is 18.4. The number of terminal acetylenes is 2. The molecule has 7 heterocycles. The van der Waals surface area contributed by atoms with E-state index in [0.717, 1.165) is 5.57 Å². The molecule has 7 aromatic rings. The van der Waals surface area contributed by atoms with Crippen LogP contribution in [-0.4, -0.2) is 150 Å². The largest absolute Gasteiger partial charge is 0.371 e. The van der Waals surface area contributed by atoms with Gasteiger partial charge in [0.05, 0.1) is 39.3 Å². The maximum absolute atomic E-state index is 8.28. The Balaban J connectivity index is 0.000000227. The average molecular weight is 903 g/mol. The molecule has 0 unspecified atom stereocenters. The van der Waals surface area contributed by atoms with E-state index in [-0.39, 0.29) is 48.4 Å². The zero-order chi connectivity index (χ0) is 46.9. The molecular formula is C30H34N34O2. The Morgan fingerprint density at radius 2 is 1.45 bits per heavy atom. The number of allylic oxidation sites excluding steroid dienone is 1. The number of ether oxygens (including phenoxy) is 2. The highest BCUT2D eigenvalue weighted by atomic mass is 16.5. The van der Waals surface area contributed by atoms with Gasteiger partial charge in [0.1, 0.15) is 24.7 Å². The Morgan fingerprint density at radius 1 is 0.788 bits per heavy atom. The third-order valence-electron chi connectivity index (χ3n) is 7.10. The Labute approximate surface area is 369 Å². The van der Waals surface area contributed by atoms with E-state index in [2.05, 4.69) is 169 Å². The van der Waals surface area contributed by atoms with Gasteiger partial charge in [-0.2, -0.15) is 29.8 Å². The van der Waals surface area contributed by atoms with E-state index >= 15 is 0 Å². The van der Waals surface area contributed by atoms with E-state index in [1.54, 1.807) is 20.3 Å². The number of anilines is 5. The fourth-order valence-corrected chi connectivity index (χ4v) is 4.21. The van der Waals surface area contributed by atoms with E-state index in [4.69, 9.17) is 28.6 Å². The molecule has 66 heavy (non-hydrogen) atoms.